The fraction of sp³-hybridized carbons (Fsp3) is 0.345. The normalized spacial score (nSPS) is 14.1. The molecule has 38 heavy (non-hydrogen) atoms. The van der Waals surface area contributed by atoms with E-state index in [2.05, 4.69) is 15.0 Å². The number of likely N-dealkylation sites (tertiary alicyclic amines) is 1. The molecule has 2 aromatic heterocycles. The fourth-order valence-corrected chi connectivity index (χ4v) is 5.09. The van der Waals surface area contributed by atoms with Crippen LogP contribution in [0.3, 0.4) is 0 Å². The predicted octanol–water partition coefficient (Wildman–Crippen LogP) is 3.37. The highest BCUT2D eigenvalue weighted by Gasteiger charge is 2.27. The van der Waals surface area contributed by atoms with E-state index in [0.717, 1.165) is 22.3 Å². The van der Waals surface area contributed by atoms with Crippen LogP contribution in [-0.4, -0.2) is 67.3 Å². The van der Waals surface area contributed by atoms with Crippen molar-refractivity contribution in [2.75, 3.05) is 26.2 Å². The molecule has 1 aliphatic rings. The summed E-state index contributed by atoms with van der Waals surface area (Å²) in [4.78, 5) is 53.9. The summed E-state index contributed by atoms with van der Waals surface area (Å²) < 4.78 is 1.82. The van der Waals surface area contributed by atoms with Gasteiger partial charge in [-0.15, -0.1) is 0 Å². The second-order valence-corrected chi connectivity index (χ2v) is 9.75. The summed E-state index contributed by atoms with van der Waals surface area (Å²) in [6.07, 6.45) is 5.41. The minimum atomic E-state index is -0.223. The molecule has 1 fully saturated rings. The SMILES string of the molecule is Cc1cnc(C(=O)N(CCC(=O)N2CCC(n3c(=O)[nH]c4ccccc43)CC2)CCc2ccccc2)cn1. The largest absolute Gasteiger partial charge is 0.342 e. The van der Waals surface area contributed by atoms with Crippen LogP contribution in [0.1, 0.15) is 47.1 Å². The summed E-state index contributed by atoms with van der Waals surface area (Å²) >= 11 is 0. The van der Waals surface area contributed by atoms with Gasteiger partial charge in [-0.1, -0.05) is 42.5 Å². The minimum Gasteiger partial charge on any atom is -0.342 e. The van der Waals surface area contributed by atoms with Crippen molar-refractivity contribution in [1.82, 2.24) is 29.3 Å². The van der Waals surface area contributed by atoms with Gasteiger partial charge in [0.1, 0.15) is 5.69 Å². The van der Waals surface area contributed by atoms with Gasteiger partial charge in [-0.25, -0.2) is 9.78 Å². The lowest BCUT2D eigenvalue weighted by atomic mass is 10.0. The summed E-state index contributed by atoms with van der Waals surface area (Å²) in [5, 5.41) is 0. The molecule has 196 valence electrons. The Kier molecular flexibility index (Phi) is 7.62. The van der Waals surface area contributed by atoms with Crippen LogP contribution < -0.4 is 5.69 Å². The van der Waals surface area contributed by atoms with E-state index in [-0.39, 0.29) is 35.7 Å². The number of para-hydroxylation sites is 2. The predicted molar refractivity (Wildman–Crippen MR) is 145 cm³/mol. The molecule has 0 aliphatic carbocycles. The Balaban J connectivity index is 1.21. The summed E-state index contributed by atoms with van der Waals surface area (Å²) in [6.45, 7) is 3.78. The van der Waals surface area contributed by atoms with E-state index in [4.69, 9.17) is 0 Å². The molecule has 1 saturated heterocycles. The Labute approximate surface area is 221 Å². The number of hydrogen-bond acceptors (Lipinski definition) is 5. The van der Waals surface area contributed by atoms with Gasteiger partial charge < -0.3 is 14.8 Å². The second kappa shape index (κ2) is 11.4. The summed E-state index contributed by atoms with van der Waals surface area (Å²) in [5.41, 5.74) is 3.76. The van der Waals surface area contributed by atoms with Gasteiger partial charge in [-0.2, -0.15) is 0 Å². The zero-order valence-electron chi connectivity index (χ0n) is 21.5. The van der Waals surface area contributed by atoms with E-state index >= 15 is 0 Å². The molecule has 0 atom stereocenters. The third-order valence-corrected chi connectivity index (χ3v) is 7.20. The number of piperidine rings is 1. The third-order valence-electron chi connectivity index (χ3n) is 7.20. The average molecular weight is 513 g/mol. The first-order valence-electron chi connectivity index (χ1n) is 13.1. The van der Waals surface area contributed by atoms with E-state index in [0.29, 0.717) is 45.4 Å². The molecule has 2 aromatic carbocycles. The maximum absolute atomic E-state index is 13.2. The van der Waals surface area contributed by atoms with E-state index in [1.807, 2.05) is 71.0 Å². The maximum Gasteiger partial charge on any atom is 0.326 e. The number of aryl methyl sites for hydroxylation is 1. The zero-order valence-corrected chi connectivity index (χ0v) is 21.5. The highest BCUT2D eigenvalue weighted by atomic mass is 16.2. The van der Waals surface area contributed by atoms with E-state index < -0.39 is 0 Å². The number of aromatic nitrogens is 4. The summed E-state index contributed by atoms with van der Waals surface area (Å²) in [5.74, 6) is -0.208. The molecule has 3 heterocycles. The van der Waals surface area contributed by atoms with Crippen molar-refractivity contribution in [2.24, 2.45) is 0 Å². The fourth-order valence-electron chi connectivity index (χ4n) is 5.09. The van der Waals surface area contributed by atoms with Crippen molar-refractivity contribution in [3.63, 3.8) is 0 Å². The Morgan fingerprint density at radius 3 is 2.45 bits per heavy atom. The number of imidazole rings is 1. The number of amides is 2. The van der Waals surface area contributed by atoms with Crippen LogP contribution in [0.25, 0.3) is 11.0 Å². The molecule has 1 N–H and O–H groups in total. The Morgan fingerprint density at radius 2 is 1.71 bits per heavy atom. The Hall–Kier alpha value is -4.27. The van der Waals surface area contributed by atoms with Crippen LogP contribution in [0, 0.1) is 6.92 Å². The van der Waals surface area contributed by atoms with Gasteiger partial charge in [0.2, 0.25) is 5.91 Å². The van der Waals surface area contributed by atoms with Crippen LogP contribution in [0.4, 0.5) is 0 Å². The molecule has 9 heteroatoms. The first kappa shape index (κ1) is 25.4. The van der Waals surface area contributed by atoms with E-state index in [1.165, 1.54) is 6.20 Å². The number of H-pyrrole nitrogens is 1. The van der Waals surface area contributed by atoms with Crippen LogP contribution in [0.2, 0.25) is 0 Å². The quantitative estimate of drug-likeness (QED) is 0.390. The molecular weight excluding hydrogens is 480 g/mol. The highest BCUT2D eigenvalue weighted by molar-refractivity contribution is 5.92. The molecule has 1 aliphatic heterocycles. The minimum absolute atomic E-state index is 0.0159. The second-order valence-electron chi connectivity index (χ2n) is 9.75. The molecule has 0 bridgehead atoms. The van der Waals surface area contributed by atoms with Gasteiger partial charge >= 0.3 is 5.69 Å². The number of carbonyl (C=O) groups excluding carboxylic acids is 2. The number of nitrogens with zero attached hydrogens (tertiary/aromatic N) is 5. The lowest BCUT2D eigenvalue weighted by Gasteiger charge is -2.33. The van der Waals surface area contributed by atoms with E-state index in [1.54, 1.807) is 11.1 Å². The number of benzene rings is 2. The van der Waals surface area contributed by atoms with Gasteiger partial charge in [-0.05, 0) is 43.9 Å². The highest BCUT2D eigenvalue weighted by Crippen LogP contribution is 2.25. The van der Waals surface area contributed by atoms with Crippen LogP contribution in [-0.2, 0) is 11.2 Å². The number of aromatic amines is 1. The molecule has 5 rings (SSSR count). The summed E-state index contributed by atoms with van der Waals surface area (Å²) in [7, 11) is 0. The van der Waals surface area contributed by atoms with Crippen molar-refractivity contribution in [2.45, 2.75) is 38.6 Å². The number of hydrogen-bond donors (Lipinski definition) is 1. The number of carbonyl (C=O) groups is 2. The first-order valence-corrected chi connectivity index (χ1v) is 13.1. The topological polar surface area (TPSA) is 104 Å². The van der Waals surface area contributed by atoms with Crippen LogP contribution in [0.15, 0.2) is 71.8 Å². The molecule has 2 amide bonds. The monoisotopic (exact) mass is 512 g/mol. The standard InChI is InChI=1S/C29H32N6O3/c1-21-19-31-25(20-30-21)28(37)34(15-11-22-7-3-2-4-8-22)18-14-27(36)33-16-12-23(13-17-33)35-26-10-6-5-9-24(26)32-29(35)38/h2-10,19-20,23H,11-18H2,1H3,(H,32,38). The van der Waals surface area contributed by atoms with Gasteiger partial charge in [0.05, 0.1) is 22.9 Å². The van der Waals surface area contributed by atoms with Crippen LogP contribution in [0.5, 0.6) is 0 Å². The van der Waals surface area contributed by atoms with Crippen molar-refractivity contribution >= 4 is 22.8 Å². The lowest BCUT2D eigenvalue weighted by Crippen LogP contribution is -2.42. The smallest absolute Gasteiger partial charge is 0.326 e. The van der Waals surface area contributed by atoms with Crippen molar-refractivity contribution in [3.05, 3.63) is 94.4 Å². The molecule has 0 radical (unpaired) electrons. The van der Waals surface area contributed by atoms with Gasteiger partial charge in [0, 0.05) is 44.8 Å². The van der Waals surface area contributed by atoms with E-state index in [9.17, 15) is 14.4 Å². The average Bonchev–Trinajstić information content (AvgIpc) is 3.29. The molecule has 0 saturated carbocycles. The number of nitrogens with one attached hydrogen (secondary N) is 1. The van der Waals surface area contributed by atoms with Crippen LogP contribution >= 0.6 is 0 Å². The first-order chi connectivity index (χ1) is 18.5. The summed E-state index contributed by atoms with van der Waals surface area (Å²) in [6, 6.07) is 17.7. The Morgan fingerprint density at radius 1 is 0.974 bits per heavy atom. The van der Waals surface area contributed by atoms with Crippen molar-refractivity contribution in [1.29, 1.82) is 0 Å². The maximum atomic E-state index is 13.2. The van der Waals surface area contributed by atoms with Gasteiger partial charge in [0.15, 0.2) is 0 Å². The van der Waals surface area contributed by atoms with Gasteiger partial charge in [-0.3, -0.25) is 19.1 Å². The Bertz CT molecular complexity index is 1450. The van der Waals surface area contributed by atoms with Gasteiger partial charge in [0.25, 0.3) is 5.91 Å². The molecule has 9 nitrogen and oxygen atoms in total. The molecular formula is C29H32N6O3. The van der Waals surface area contributed by atoms with Crippen molar-refractivity contribution < 1.29 is 9.59 Å². The molecule has 0 unspecified atom stereocenters. The molecule has 4 aromatic rings. The zero-order chi connectivity index (χ0) is 26.5. The third kappa shape index (κ3) is 5.66. The molecule has 0 spiro atoms. The number of fused-ring (bicyclic) bond motifs is 1. The number of rotatable bonds is 8. The lowest BCUT2D eigenvalue weighted by molar-refractivity contribution is -0.132. The van der Waals surface area contributed by atoms with Crippen molar-refractivity contribution in [3.8, 4) is 0 Å².